The van der Waals surface area contributed by atoms with Gasteiger partial charge in [-0.1, -0.05) is 40.0 Å². The second kappa shape index (κ2) is 10.2. The Morgan fingerprint density at radius 2 is 1.74 bits per heavy atom. The van der Waals surface area contributed by atoms with Crippen LogP contribution in [0.3, 0.4) is 0 Å². The van der Waals surface area contributed by atoms with Gasteiger partial charge >= 0.3 is 0 Å². The van der Waals surface area contributed by atoms with E-state index in [2.05, 4.69) is 31.4 Å². The van der Waals surface area contributed by atoms with E-state index in [1.54, 1.807) is 0 Å². The molecule has 114 valence electrons. The van der Waals surface area contributed by atoms with Crippen molar-refractivity contribution < 1.29 is 9.90 Å². The maximum absolute atomic E-state index is 11.9. The van der Waals surface area contributed by atoms with Crippen molar-refractivity contribution in [3.05, 3.63) is 0 Å². The monoisotopic (exact) mass is 272 g/mol. The van der Waals surface area contributed by atoms with Gasteiger partial charge in [-0.05, 0) is 26.2 Å². The summed E-state index contributed by atoms with van der Waals surface area (Å²) in [7, 11) is 0. The summed E-state index contributed by atoms with van der Waals surface area (Å²) in [6.45, 7) is 10.6. The SMILES string of the molecule is CCCC(C)NC(=O)C(C)NCC(O)C(CC)CC. The third-order valence-corrected chi connectivity index (χ3v) is 3.73. The smallest absolute Gasteiger partial charge is 0.237 e. The van der Waals surface area contributed by atoms with Crippen LogP contribution in [0.5, 0.6) is 0 Å². The van der Waals surface area contributed by atoms with Crippen LogP contribution in [0.2, 0.25) is 0 Å². The second-order valence-electron chi connectivity index (χ2n) is 5.47. The summed E-state index contributed by atoms with van der Waals surface area (Å²) in [6.07, 6.45) is 3.62. The average molecular weight is 272 g/mol. The molecule has 19 heavy (non-hydrogen) atoms. The van der Waals surface area contributed by atoms with Gasteiger partial charge in [0, 0.05) is 12.6 Å². The van der Waals surface area contributed by atoms with Crippen LogP contribution >= 0.6 is 0 Å². The van der Waals surface area contributed by atoms with Crippen LogP contribution in [0.25, 0.3) is 0 Å². The minimum atomic E-state index is -0.377. The van der Waals surface area contributed by atoms with Crippen molar-refractivity contribution in [2.45, 2.75) is 78.5 Å². The predicted molar refractivity (Wildman–Crippen MR) is 80.1 cm³/mol. The van der Waals surface area contributed by atoms with Gasteiger partial charge in [0.25, 0.3) is 0 Å². The van der Waals surface area contributed by atoms with E-state index < -0.39 is 0 Å². The van der Waals surface area contributed by atoms with Gasteiger partial charge in [0.05, 0.1) is 12.1 Å². The summed E-state index contributed by atoms with van der Waals surface area (Å²) < 4.78 is 0. The maximum atomic E-state index is 11.9. The van der Waals surface area contributed by atoms with Gasteiger partial charge < -0.3 is 15.7 Å². The van der Waals surface area contributed by atoms with Crippen molar-refractivity contribution in [3.8, 4) is 0 Å². The third-order valence-electron chi connectivity index (χ3n) is 3.73. The molecule has 0 rings (SSSR count). The summed E-state index contributed by atoms with van der Waals surface area (Å²) in [4.78, 5) is 11.9. The van der Waals surface area contributed by atoms with Crippen LogP contribution in [0.4, 0.5) is 0 Å². The molecule has 0 aliphatic heterocycles. The van der Waals surface area contributed by atoms with Crippen molar-refractivity contribution in [2.24, 2.45) is 5.92 Å². The molecule has 3 unspecified atom stereocenters. The standard InChI is InChI=1S/C15H32N2O2/c1-6-9-11(4)17-15(19)12(5)16-10-14(18)13(7-2)8-3/h11-14,16,18H,6-10H2,1-5H3,(H,17,19). The fourth-order valence-electron chi connectivity index (χ4n) is 2.26. The van der Waals surface area contributed by atoms with Crippen LogP contribution in [-0.2, 0) is 4.79 Å². The number of amides is 1. The fourth-order valence-corrected chi connectivity index (χ4v) is 2.26. The molecule has 0 saturated carbocycles. The Morgan fingerprint density at radius 1 is 1.16 bits per heavy atom. The molecular formula is C15H32N2O2. The molecule has 3 N–H and O–H groups in total. The van der Waals surface area contributed by atoms with Crippen LogP contribution in [0, 0.1) is 5.92 Å². The van der Waals surface area contributed by atoms with Crippen LogP contribution < -0.4 is 10.6 Å². The van der Waals surface area contributed by atoms with Gasteiger partial charge in [-0.3, -0.25) is 4.79 Å². The molecule has 0 aromatic carbocycles. The lowest BCUT2D eigenvalue weighted by molar-refractivity contribution is -0.123. The molecule has 0 aliphatic carbocycles. The van der Waals surface area contributed by atoms with E-state index in [9.17, 15) is 9.90 Å². The van der Waals surface area contributed by atoms with Gasteiger partial charge in [-0.2, -0.15) is 0 Å². The second-order valence-corrected chi connectivity index (χ2v) is 5.47. The molecule has 0 fully saturated rings. The molecule has 0 spiro atoms. The van der Waals surface area contributed by atoms with Crippen molar-refractivity contribution in [1.29, 1.82) is 0 Å². The quantitative estimate of drug-likeness (QED) is 0.570. The van der Waals surface area contributed by atoms with Crippen LogP contribution in [-0.4, -0.2) is 35.7 Å². The normalized spacial score (nSPS) is 16.2. The Kier molecular flexibility index (Phi) is 9.88. The molecule has 0 heterocycles. The average Bonchev–Trinajstić information content (AvgIpc) is 2.37. The molecule has 0 aromatic heterocycles. The summed E-state index contributed by atoms with van der Waals surface area (Å²) in [5.74, 6) is 0.319. The highest BCUT2D eigenvalue weighted by molar-refractivity contribution is 5.81. The minimum absolute atomic E-state index is 0.0118. The van der Waals surface area contributed by atoms with Crippen molar-refractivity contribution in [2.75, 3.05) is 6.54 Å². The first-order valence-electron chi connectivity index (χ1n) is 7.67. The number of nitrogens with one attached hydrogen (secondary N) is 2. The lowest BCUT2D eigenvalue weighted by atomic mass is 9.96. The molecule has 4 nitrogen and oxygen atoms in total. The number of aliphatic hydroxyl groups excluding tert-OH is 1. The Labute approximate surface area is 118 Å². The molecular weight excluding hydrogens is 240 g/mol. The molecule has 3 atom stereocenters. The maximum Gasteiger partial charge on any atom is 0.237 e. The Balaban J connectivity index is 4.02. The predicted octanol–water partition coefficient (Wildman–Crippen LogP) is 2.07. The van der Waals surface area contributed by atoms with Gasteiger partial charge in [0.15, 0.2) is 0 Å². The summed E-state index contributed by atoms with van der Waals surface area (Å²) in [5.41, 5.74) is 0. The van der Waals surface area contributed by atoms with E-state index in [4.69, 9.17) is 0 Å². The van der Waals surface area contributed by atoms with Crippen LogP contribution in [0.1, 0.15) is 60.3 Å². The van der Waals surface area contributed by atoms with E-state index in [0.717, 1.165) is 25.7 Å². The van der Waals surface area contributed by atoms with E-state index in [0.29, 0.717) is 12.5 Å². The first-order chi connectivity index (χ1) is 8.96. The first-order valence-corrected chi connectivity index (χ1v) is 7.67. The lowest BCUT2D eigenvalue weighted by Crippen LogP contribution is -2.48. The van der Waals surface area contributed by atoms with Gasteiger partial charge in [0.2, 0.25) is 5.91 Å². The zero-order valence-electron chi connectivity index (χ0n) is 13.2. The number of hydrogen-bond donors (Lipinski definition) is 3. The topological polar surface area (TPSA) is 61.4 Å². The first kappa shape index (κ1) is 18.4. The molecule has 0 radical (unpaired) electrons. The van der Waals surface area contributed by atoms with Gasteiger partial charge in [0.1, 0.15) is 0 Å². The molecule has 0 bridgehead atoms. The van der Waals surface area contributed by atoms with E-state index in [1.165, 1.54) is 0 Å². The van der Waals surface area contributed by atoms with Gasteiger partial charge in [-0.15, -0.1) is 0 Å². The Bertz CT molecular complexity index is 242. The van der Waals surface area contributed by atoms with E-state index in [1.807, 2.05) is 13.8 Å². The van der Waals surface area contributed by atoms with E-state index in [-0.39, 0.29) is 24.1 Å². The highest BCUT2D eigenvalue weighted by atomic mass is 16.3. The highest BCUT2D eigenvalue weighted by Crippen LogP contribution is 2.12. The zero-order valence-corrected chi connectivity index (χ0v) is 13.2. The lowest BCUT2D eigenvalue weighted by Gasteiger charge is -2.23. The molecule has 0 saturated heterocycles. The van der Waals surface area contributed by atoms with Crippen LogP contribution in [0.15, 0.2) is 0 Å². The largest absolute Gasteiger partial charge is 0.392 e. The summed E-state index contributed by atoms with van der Waals surface area (Å²) in [5, 5.41) is 16.1. The zero-order chi connectivity index (χ0) is 14.8. The number of aliphatic hydroxyl groups is 1. The number of rotatable bonds is 10. The number of hydrogen-bond acceptors (Lipinski definition) is 3. The summed E-state index contributed by atoms with van der Waals surface area (Å²) >= 11 is 0. The van der Waals surface area contributed by atoms with Gasteiger partial charge in [-0.25, -0.2) is 0 Å². The van der Waals surface area contributed by atoms with Crippen molar-refractivity contribution >= 4 is 5.91 Å². The molecule has 0 aliphatic rings. The fraction of sp³-hybridized carbons (Fsp3) is 0.933. The Morgan fingerprint density at radius 3 is 2.21 bits per heavy atom. The van der Waals surface area contributed by atoms with Crippen molar-refractivity contribution in [1.82, 2.24) is 10.6 Å². The number of carbonyl (C=O) groups is 1. The van der Waals surface area contributed by atoms with Crippen molar-refractivity contribution in [3.63, 3.8) is 0 Å². The van der Waals surface area contributed by atoms with E-state index >= 15 is 0 Å². The molecule has 0 aromatic rings. The highest BCUT2D eigenvalue weighted by Gasteiger charge is 2.19. The Hall–Kier alpha value is -0.610. The number of carbonyl (C=O) groups excluding carboxylic acids is 1. The molecule has 1 amide bonds. The molecule has 4 heteroatoms. The summed E-state index contributed by atoms with van der Waals surface area (Å²) in [6, 6.07) is -0.0472. The minimum Gasteiger partial charge on any atom is -0.392 e. The third kappa shape index (κ3) is 7.53.